The number of benzene rings is 1. The van der Waals surface area contributed by atoms with Crippen molar-refractivity contribution in [3.63, 3.8) is 0 Å². The summed E-state index contributed by atoms with van der Waals surface area (Å²) in [5.74, 6) is 3.03. The van der Waals surface area contributed by atoms with Gasteiger partial charge in [-0.1, -0.05) is 18.2 Å². The smallest absolute Gasteiger partial charge is 0.190 e. The summed E-state index contributed by atoms with van der Waals surface area (Å²) in [5, 5.41) is 6.63. The molecule has 0 unspecified atom stereocenters. The minimum Gasteiger partial charge on any atom is -0.494 e. The molecule has 0 saturated heterocycles. The van der Waals surface area contributed by atoms with Crippen molar-refractivity contribution >= 4 is 17.7 Å². The van der Waals surface area contributed by atoms with Gasteiger partial charge in [0.1, 0.15) is 5.75 Å². The third kappa shape index (κ3) is 9.24. The van der Waals surface area contributed by atoms with Gasteiger partial charge in [-0.3, -0.25) is 4.99 Å². The van der Waals surface area contributed by atoms with Gasteiger partial charge in [-0.2, -0.15) is 11.8 Å². The molecule has 1 aromatic rings. The van der Waals surface area contributed by atoms with Crippen LogP contribution in [0.4, 0.5) is 0 Å². The highest BCUT2D eigenvalue weighted by Crippen LogP contribution is 2.07. The van der Waals surface area contributed by atoms with E-state index in [2.05, 4.69) is 21.9 Å². The Labute approximate surface area is 132 Å². The van der Waals surface area contributed by atoms with E-state index in [4.69, 9.17) is 4.74 Å². The summed E-state index contributed by atoms with van der Waals surface area (Å²) >= 11 is 1.90. The fourth-order valence-electron chi connectivity index (χ4n) is 1.78. The summed E-state index contributed by atoms with van der Waals surface area (Å²) in [4.78, 5) is 4.21. The van der Waals surface area contributed by atoms with Gasteiger partial charge in [0.2, 0.25) is 0 Å². The van der Waals surface area contributed by atoms with Gasteiger partial charge >= 0.3 is 0 Å². The first-order valence-electron chi connectivity index (χ1n) is 7.48. The van der Waals surface area contributed by atoms with Crippen molar-refractivity contribution in [3.8, 4) is 5.75 Å². The predicted molar refractivity (Wildman–Crippen MR) is 93.5 cm³/mol. The van der Waals surface area contributed by atoms with Gasteiger partial charge < -0.3 is 15.4 Å². The van der Waals surface area contributed by atoms with Crippen LogP contribution in [0.5, 0.6) is 5.75 Å². The number of guanidine groups is 1. The average Bonchev–Trinajstić information content (AvgIpc) is 2.53. The van der Waals surface area contributed by atoms with E-state index in [1.54, 1.807) is 7.05 Å². The van der Waals surface area contributed by atoms with Crippen LogP contribution in [-0.4, -0.2) is 44.7 Å². The van der Waals surface area contributed by atoms with E-state index in [1.807, 2.05) is 42.1 Å². The number of para-hydroxylation sites is 1. The van der Waals surface area contributed by atoms with Crippen molar-refractivity contribution in [2.24, 2.45) is 4.99 Å². The number of aliphatic imine (C=N–C) groups is 1. The zero-order chi connectivity index (χ0) is 15.2. The summed E-state index contributed by atoms with van der Waals surface area (Å²) in [7, 11) is 1.80. The minimum atomic E-state index is 0.710. The van der Waals surface area contributed by atoms with Crippen LogP contribution in [0.1, 0.15) is 19.3 Å². The molecule has 0 heterocycles. The first kappa shape index (κ1) is 17.7. The molecule has 0 spiro atoms. The van der Waals surface area contributed by atoms with Crippen molar-refractivity contribution < 1.29 is 4.74 Å². The van der Waals surface area contributed by atoms with E-state index in [9.17, 15) is 0 Å². The van der Waals surface area contributed by atoms with E-state index in [0.717, 1.165) is 31.2 Å². The number of nitrogens with one attached hydrogen (secondary N) is 2. The van der Waals surface area contributed by atoms with E-state index in [0.29, 0.717) is 6.61 Å². The molecular formula is C16H27N3OS. The molecule has 0 saturated carbocycles. The molecule has 0 atom stereocenters. The van der Waals surface area contributed by atoms with Crippen LogP contribution in [0.3, 0.4) is 0 Å². The molecule has 0 fully saturated rings. The van der Waals surface area contributed by atoms with Crippen LogP contribution < -0.4 is 15.4 Å². The fourth-order valence-corrected chi connectivity index (χ4v) is 2.28. The second kappa shape index (κ2) is 12.4. The Kier molecular flexibility index (Phi) is 10.4. The molecule has 0 aliphatic rings. The molecule has 1 rings (SSSR count). The third-order valence-corrected chi connectivity index (χ3v) is 3.61. The second-order valence-electron chi connectivity index (χ2n) is 4.64. The standard InChI is InChI=1S/C16H27N3OS/c1-17-16(18-11-6-7-14-21-2)19-12-8-13-20-15-9-4-3-5-10-15/h3-5,9-10H,6-8,11-14H2,1-2H3,(H2,17,18,19). The van der Waals surface area contributed by atoms with Crippen LogP contribution in [0.2, 0.25) is 0 Å². The number of hydrogen-bond donors (Lipinski definition) is 2. The van der Waals surface area contributed by atoms with Crippen molar-refractivity contribution in [2.45, 2.75) is 19.3 Å². The number of thioether (sulfide) groups is 1. The highest BCUT2D eigenvalue weighted by molar-refractivity contribution is 7.98. The van der Waals surface area contributed by atoms with Crippen LogP contribution >= 0.6 is 11.8 Å². The number of nitrogens with zero attached hydrogens (tertiary/aromatic N) is 1. The monoisotopic (exact) mass is 309 g/mol. The molecule has 0 aliphatic heterocycles. The van der Waals surface area contributed by atoms with Gasteiger partial charge in [0, 0.05) is 20.1 Å². The van der Waals surface area contributed by atoms with E-state index in [-0.39, 0.29) is 0 Å². The highest BCUT2D eigenvalue weighted by Gasteiger charge is 1.97. The number of rotatable bonds is 10. The fraction of sp³-hybridized carbons (Fsp3) is 0.562. The minimum absolute atomic E-state index is 0.710. The molecule has 21 heavy (non-hydrogen) atoms. The molecule has 0 amide bonds. The first-order valence-corrected chi connectivity index (χ1v) is 8.87. The van der Waals surface area contributed by atoms with Crippen LogP contribution in [0.15, 0.2) is 35.3 Å². The molecule has 0 radical (unpaired) electrons. The zero-order valence-corrected chi connectivity index (χ0v) is 13.9. The van der Waals surface area contributed by atoms with E-state index in [1.165, 1.54) is 18.6 Å². The summed E-state index contributed by atoms with van der Waals surface area (Å²) < 4.78 is 5.64. The van der Waals surface area contributed by atoms with Gasteiger partial charge in [0.05, 0.1) is 6.61 Å². The topological polar surface area (TPSA) is 45.7 Å². The van der Waals surface area contributed by atoms with Crippen molar-refractivity contribution in [1.29, 1.82) is 0 Å². The maximum absolute atomic E-state index is 5.64. The van der Waals surface area contributed by atoms with Crippen molar-refractivity contribution in [1.82, 2.24) is 10.6 Å². The lowest BCUT2D eigenvalue weighted by Gasteiger charge is -2.12. The predicted octanol–water partition coefficient (Wildman–Crippen LogP) is 2.76. The van der Waals surface area contributed by atoms with Gasteiger partial charge in [0.25, 0.3) is 0 Å². The normalized spacial score (nSPS) is 11.2. The Balaban J connectivity index is 2.02. The third-order valence-electron chi connectivity index (χ3n) is 2.92. The van der Waals surface area contributed by atoms with E-state index < -0.39 is 0 Å². The second-order valence-corrected chi connectivity index (χ2v) is 5.63. The molecule has 0 bridgehead atoms. The summed E-state index contributed by atoms with van der Waals surface area (Å²) in [5.41, 5.74) is 0. The molecule has 4 nitrogen and oxygen atoms in total. The van der Waals surface area contributed by atoms with Crippen LogP contribution in [-0.2, 0) is 0 Å². The maximum atomic E-state index is 5.64. The molecule has 1 aromatic carbocycles. The first-order chi connectivity index (χ1) is 10.4. The zero-order valence-electron chi connectivity index (χ0n) is 13.1. The van der Waals surface area contributed by atoms with Gasteiger partial charge in [0.15, 0.2) is 5.96 Å². The quantitative estimate of drug-likeness (QED) is 0.396. The SMILES string of the molecule is CN=C(NCCCCSC)NCCCOc1ccccc1. The van der Waals surface area contributed by atoms with Crippen LogP contribution in [0.25, 0.3) is 0 Å². The number of unbranched alkanes of at least 4 members (excludes halogenated alkanes) is 1. The summed E-state index contributed by atoms with van der Waals surface area (Å²) in [6.45, 7) is 2.54. The van der Waals surface area contributed by atoms with Gasteiger partial charge in [-0.25, -0.2) is 0 Å². The summed E-state index contributed by atoms with van der Waals surface area (Å²) in [6, 6.07) is 9.90. The van der Waals surface area contributed by atoms with Crippen molar-refractivity contribution in [3.05, 3.63) is 30.3 Å². The molecule has 0 aliphatic carbocycles. The van der Waals surface area contributed by atoms with Crippen molar-refractivity contribution in [2.75, 3.05) is 38.8 Å². The van der Waals surface area contributed by atoms with Gasteiger partial charge in [-0.15, -0.1) is 0 Å². The lowest BCUT2D eigenvalue weighted by Crippen LogP contribution is -2.38. The molecule has 2 N–H and O–H groups in total. The summed E-state index contributed by atoms with van der Waals surface area (Å²) in [6.07, 6.45) is 5.52. The lowest BCUT2D eigenvalue weighted by molar-refractivity contribution is 0.311. The van der Waals surface area contributed by atoms with Crippen LogP contribution in [0, 0.1) is 0 Å². The number of hydrogen-bond acceptors (Lipinski definition) is 3. The Morgan fingerprint density at radius 2 is 1.81 bits per heavy atom. The molecule has 5 heteroatoms. The lowest BCUT2D eigenvalue weighted by atomic mass is 10.3. The number of ether oxygens (including phenoxy) is 1. The average molecular weight is 309 g/mol. The molecular weight excluding hydrogens is 282 g/mol. The molecule has 118 valence electrons. The Morgan fingerprint density at radius 3 is 2.48 bits per heavy atom. The Morgan fingerprint density at radius 1 is 1.10 bits per heavy atom. The van der Waals surface area contributed by atoms with Gasteiger partial charge in [-0.05, 0) is 43.4 Å². The van der Waals surface area contributed by atoms with E-state index >= 15 is 0 Å². The largest absolute Gasteiger partial charge is 0.494 e. The Hall–Kier alpha value is -1.36. The molecule has 0 aromatic heterocycles. The Bertz CT molecular complexity index is 384. The maximum Gasteiger partial charge on any atom is 0.190 e. The highest BCUT2D eigenvalue weighted by atomic mass is 32.2.